The molecule has 3 heterocycles. The van der Waals surface area contributed by atoms with Gasteiger partial charge in [-0.15, -0.1) is 10.2 Å². The van der Waals surface area contributed by atoms with Crippen LogP contribution in [0.4, 0.5) is 13.2 Å². The maximum Gasteiger partial charge on any atom is 0.303 e. The Bertz CT molecular complexity index is 1350. The SMILES string of the molecule is CC(F)(F)c1cc(Cl)c2nc(-c3nnc(-c4cc(F)c(CCC(=O)O)cc4Cl)s3)cn2c1. The number of fused-ring (bicyclic) bond motifs is 1. The first kappa shape index (κ1) is 22.5. The summed E-state index contributed by atoms with van der Waals surface area (Å²) in [6, 6.07) is 3.71. The molecule has 0 saturated heterocycles. The Morgan fingerprint density at radius 3 is 2.56 bits per heavy atom. The van der Waals surface area contributed by atoms with Gasteiger partial charge >= 0.3 is 5.97 Å². The predicted molar refractivity (Wildman–Crippen MR) is 115 cm³/mol. The van der Waals surface area contributed by atoms with Gasteiger partial charge in [-0.25, -0.2) is 18.2 Å². The monoisotopic (exact) mass is 500 g/mol. The van der Waals surface area contributed by atoms with E-state index in [-0.39, 0.29) is 39.7 Å². The minimum atomic E-state index is -3.07. The lowest BCUT2D eigenvalue weighted by Crippen LogP contribution is -2.08. The van der Waals surface area contributed by atoms with Crippen LogP contribution in [0.1, 0.15) is 24.5 Å². The number of imidazole rings is 1. The molecular formula is C20H13Cl2F3N4O2S. The number of carboxylic acids is 1. The summed E-state index contributed by atoms with van der Waals surface area (Å²) in [5.74, 6) is -4.72. The van der Waals surface area contributed by atoms with Crippen molar-refractivity contribution >= 4 is 46.2 Å². The Morgan fingerprint density at radius 2 is 1.88 bits per heavy atom. The molecule has 3 aromatic heterocycles. The predicted octanol–water partition coefficient (Wildman–Crippen LogP) is 6.09. The summed E-state index contributed by atoms with van der Waals surface area (Å²) in [6.07, 6.45) is 2.51. The van der Waals surface area contributed by atoms with E-state index in [1.807, 2.05) is 0 Å². The zero-order valence-corrected chi connectivity index (χ0v) is 18.6. The molecule has 4 aromatic rings. The number of benzene rings is 1. The van der Waals surface area contributed by atoms with Crippen molar-refractivity contribution in [2.75, 3.05) is 0 Å². The van der Waals surface area contributed by atoms with Crippen molar-refractivity contribution in [2.45, 2.75) is 25.7 Å². The molecule has 0 aliphatic rings. The Kier molecular flexibility index (Phi) is 5.87. The standard InChI is InChI=1S/C20H13Cl2F3N4O2S/c1-20(24,25)10-5-13(22)17-26-15(8-29(17)7-10)19-28-27-18(32-19)11-6-14(23)9(4-12(11)21)2-3-16(30)31/h4-8H,2-3H2,1H3,(H,30,31). The highest BCUT2D eigenvalue weighted by atomic mass is 35.5. The Labute approximate surface area is 193 Å². The fourth-order valence-corrected chi connectivity index (χ4v) is 4.44. The molecular weight excluding hydrogens is 488 g/mol. The fraction of sp³-hybridized carbons (Fsp3) is 0.200. The van der Waals surface area contributed by atoms with E-state index in [2.05, 4.69) is 15.2 Å². The van der Waals surface area contributed by atoms with E-state index >= 15 is 0 Å². The lowest BCUT2D eigenvalue weighted by molar-refractivity contribution is -0.136. The smallest absolute Gasteiger partial charge is 0.303 e. The van der Waals surface area contributed by atoms with E-state index in [0.29, 0.717) is 21.3 Å². The van der Waals surface area contributed by atoms with Crippen LogP contribution >= 0.6 is 34.5 Å². The molecule has 0 bridgehead atoms. The van der Waals surface area contributed by atoms with Crippen LogP contribution in [0.15, 0.2) is 30.6 Å². The molecule has 0 aliphatic heterocycles. The third-order valence-electron chi connectivity index (χ3n) is 4.63. The summed E-state index contributed by atoms with van der Waals surface area (Å²) in [5, 5.41) is 17.8. The van der Waals surface area contributed by atoms with Crippen LogP contribution in [-0.2, 0) is 17.1 Å². The van der Waals surface area contributed by atoms with Gasteiger partial charge in [0.25, 0.3) is 5.92 Å². The molecule has 1 N–H and O–H groups in total. The summed E-state index contributed by atoms with van der Waals surface area (Å²) in [4.78, 5) is 15.1. The van der Waals surface area contributed by atoms with Crippen molar-refractivity contribution in [2.24, 2.45) is 0 Å². The van der Waals surface area contributed by atoms with Crippen molar-refractivity contribution in [3.8, 4) is 21.3 Å². The normalized spacial score (nSPS) is 11.9. The number of hydrogen-bond donors (Lipinski definition) is 1. The number of carbonyl (C=O) groups is 1. The number of aliphatic carboxylic acids is 1. The molecule has 0 radical (unpaired) electrons. The Hall–Kier alpha value is -2.69. The molecule has 12 heteroatoms. The van der Waals surface area contributed by atoms with Crippen molar-refractivity contribution in [3.63, 3.8) is 0 Å². The van der Waals surface area contributed by atoms with Crippen LogP contribution in [-0.4, -0.2) is 30.7 Å². The van der Waals surface area contributed by atoms with Crippen LogP contribution in [0.5, 0.6) is 0 Å². The van der Waals surface area contributed by atoms with Gasteiger partial charge in [0.15, 0.2) is 10.7 Å². The van der Waals surface area contributed by atoms with Gasteiger partial charge in [0, 0.05) is 36.9 Å². The molecule has 0 atom stereocenters. The average molecular weight is 501 g/mol. The lowest BCUT2D eigenvalue weighted by atomic mass is 10.1. The number of hydrogen-bond acceptors (Lipinski definition) is 5. The largest absolute Gasteiger partial charge is 0.481 e. The van der Waals surface area contributed by atoms with E-state index < -0.39 is 17.7 Å². The van der Waals surface area contributed by atoms with E-state index in [1.54, 1.807) is 0 Å². The van der Waals surface area contributed by atoms with Crippen molar-refractivity contribution < 1.29 is 23.1 Å². The fourth-order valence-electron chi connectivity index (χ4n) is 3.02. The molecule has 0 fully saturated rings. The lowest BCUT2D eigenvalue weighted by Gasteiger charge is -2.11. The number of pyridine rings is 1. The molecule has 0 amide bonds. The van der Waals surface area contributed by atoms with Crippen molar-refractivity contribution in [1.82, 2.24) is 19.6 Å². The number of aromatic nitrogens is 4. The quantitative estimate of drug-likeness (QED) is 0.346. The second-order valence-electron chi connectivity index (χ2n) is 7.05. The first-order valence-electron chi connectivity index (χ1n) is 9.13. The molecule has 4 rings (SSSR count). The van der Waals surface area contributed by atoms with Gasteiger partial charge in [0.2, 0.25) is 0 Å². The molecule has 32 heavy (non-hydrogen) atoms. The second-order valence-corrected chi connectivity index (χ2v) is 8.84. The van der Waals surface area contributed by atoms with Gasteiger partial charge in [0.05, 0.1) is 10.0 Å². The molecule has 6 nitrogen and oxygen atoms in total. The minimum Gasteiger partial charge on any atom is -0.481 e. The first-order valence-corrected chi connectivity index (χ1v) is 10.7. The van der Waals surface area contributed by atoms with Crippen LogP contribution in [0.2, 0.25) is 10.0 Å². The topological polar surface area (TPSA) is 80.4 Å². The van der Waals surface area contributed by atoms with Gasteiger partial charge in [0.1, 0.15) is 16.5 Å². The summed E-state index contributed by atoms with van der Waals surface area (Å²) in [6.45, 7) is 0.773. The number of carboxylic acid groups (broad SMARTS) is 1. The minimum absolute atomic E-state index is 0.00331. The summed E-state index contributed by atoms with van der Waals surface area (Å²) in [5.41, 5.74) is 0.841. The van der Waals surface area contributed by atoms with Gasteiger partial charge in [-0.2, -0.15) is 0 Å². The highest BCUT2D eigenvalue weighted by molar-refractivity contribution is 7.18. The van der Waals surface area contributed by atoms with Crippen molar-refractivity contribution in [3.05, 3.63) is 57.6 Å². The highest BCUT2D eigenvalue weighted by Gasteiger charge is 2.26. The van der Waals surface area contributed by atoms with Gasteiger partial charge in [-0.1, -0.05) is 34.5 Å². The van der Waals surface area contributed by atoms with E-state index in [0.717, 1.165) is 24.3 Å². The van der Waals surface area contributed by atoms with Crippen LogP contribution in [0.3, 0.4) is 0 Å². The maximum atomic E-state index is 14.4. The first-order chi connectivity index (χ1) is 15.0. The zero-order chi connectivity index (χ0) is 23.2. The number of alkyl halides is 2. The van der Waals surface area contributed by atoms with Crippen LogP contribution < -0.4 is 0 Å². The number of rotatable bonds is 6. The third-order valence-corrected chi connectivity index (χ3v) is 6.20. The highest BCUT2D eigenvalue weighted by Crippen LogP contribution is 2.36. The van der Waals surface area contributed by atoms with E-state index in [1.165, 1.54) is 28.9 Å². The van der Waals surface area contributed by atoms with Gasteiger partial charge < -0.3 is 9.51 Å². The van der Waals surface area contributed by atoms with Crippen LogP contribution in [0, 0.1) is 5.82 Å². The summed E-state index contributed by atoms with van der Waals surface area (Å²) >= 11 is 13.5. The molecule has 0 saturated carbocycles. The third kappa shape index (κ3) is 4.43. The number of nitrogens with zero attached hydrogens (tertiary/aromatic N) is 4. The molecule has 166 valence electrons. The van der Waals surface area contributed by atoms with E-state index in [9.17, 15) is 18.0 Å². The van der Waals surface area contributed by atoms with Gasteiger partial charge in [-0.3, -0.25) is 4.79 Å². The van der Waals surface area contributed by atoms with Crippen LogP contribution in [0.25, 0.3) is 26.9 Å². The molecule has 0 spiro atoms. The van der Waals surface area contributed by atoms with Gasteiger partial charge in [-0.05, 0) is 30.2 Å². The summed E-state index contributed by atoms with van der Waals surface area (Å²) < 4.78 is 43.2. The molecule has 1 aromatic carbocycles. The van der Waals surface area contributed by atoms with E-state index in [4.69, 9.17) is 28.3 Å². The number of aryl methyl sites for hydroxylation is 1. The summed E-state index contributed by atoms with van der Waals surface area (Å²) in [7, 11) is 0. The maximum absolute atomic E-state index is 14.4. The van der Waals surface area contributed by atoms with Crippen molar-refractivity contribution in [1.29, 1.82) is 0 Å². The number of halogens is 5. The zero-order valence-electron chi connectivity index (χ0n) is 16.2. The second kappa shape index (κ2) is 8.34. The Morgan fingerprint density at radius 1 is 1.16 bits per heavy atom. The molecule has 0 unspecified atom stereocenters. The average Bonchev–Trinajstić information content (AvgIpc) is 3.34. The molecule has 0 aliphatic carbocycles. The Balaban J connectivity index is 1.68.